The lowest BCUT2D eigenvalue weighted by Crippen LogP contribution is -2.43. The first-order valence-electron chi connectivity index (χ1n) is 5.11. The molecule has 0 saturated carbocycles. The highest BCUT2D eigenvalue weighted by molar-refractivity contribution is 4.86. The molecule has 78 valence electrons. The van der Waals surface area contributed by atoms with Crippen LogP contribution in [0.25, 0.3) is 0 Å². The molecule has 1 saturated heterocycles. The number of nitrogens with two attached hydrogens (primary N) is 1. The van der Waals surface area contributed by atoms with Crippen molar-refractivity contribution < 1.29 is 9.84 Å². The summed E-state index contributed by atoms with van der Waals surface area (Å²) in [5, 5.41) is 10.1. The molecule has 0 aromatic rings. The van der Waals surface area contributed by atoms with Crippen molar-refractivity contribution >= 4 is 0 Å². The van der Waals surface area contributed by atoms with Crippen molar-refractivity contribution in [1.29, 1.82) is 0 Å². The smallest absolute Gasteiger partial charge is 0.0706 e. The van der Waals surface area contributed by atoms with Crippen LogP contribution in [0.2, 0.25) is 0 Å². The first-order chi connectivity index (χ1) is 6.07. The number of aliphatic hydroxyl groups is 1. The molecule has 0 aromatic heterocycles. The quantitative estimate of drug-likeness (QED) is 0.690. The first-order valence-corrected chi connectivity index (χ1v) is 5.11. The van der Waals surface area contributed by atoms with Gasteiger partial charge in [0.05, 0.1) is 11.7 Å². The monoisotopic (exact) mass is 187 g/mol. The molecule has 3 nitrogen and oxygen atoms in total. The van der Waals surface area contributed by atoms with Gasteiger partial charge in [0.2, 0.25) is 0 Å². The number of ether oxygens (including phenoxy) is 1. The van der Waals surface area contributed by atoms with E-state index in [1.807, 2.05) is 0 Å². The fourth-order valence-electron chi connectivity index (χ4n) is 1.86. The summed E-state index contributed by atoms with van der Waals surface area (Å²) in [7, 11) is 0. The second-order valence-electron chi connectivity index (χ2n) is 4.37. The second kappa shape index (κ2) is 4.40. The Morgan fingerprint density at radius 2 is 2.31 bits per heavy atom. The molecule has 1 heterocycles. The summed E-state index contributed by atoms with van der Waals surface area (Å²) in [6, 6.07) is 0. The molecule has 0 amide bonds. The zero-order valence-electron chi connectivity index (χ0n) is 8.62. The van der Waals surface area contributed by atoms with Crippen molar-refractivity contribution in [2.75, 3.05) is 13.2 Å². The fourth-order valence-corrected chi connectivity index (χ4v) is 1.86. The third kappa shape index (κ3) is 2.93. The van der Waals surface area contributed by atoms with Crippen LogP contribution < -0.4 is 5.73 Å². The van der Waals surface area contributed by atoms with E-state index >= 15 is 0 Å². The molecule has 3 heteroatoms. The highest BCUT2D eigenvalue weighted by Crippen LogP contribution is 2.30. The molecule has 2 unspecified atom stereocenters. The minimum absolute atomic E-state index is 0.199. The Morgan fingerprint density at radius 3 is 2.85 bits per heavy atom. The molecular weight excluding hydrogens is 166 g/mol. The van der Waals surface area contributed by atoms with E-state index in [-0.39, 0.29) is 6.10 Å². The third-order valence-electron chi connectivity index (χ3n) is 2.83. The van der Waals surface area contributed by atoms with E-state index in [2.05, 4.69) is 13.8 Å². The van der Waals surface area contributed by atoms with Crippen molar-refractivity contribution in [3.63, 3.8) is 0 Å². The molecule has 0 radical (unpaired) electrons. The Bertz CT molecular complexity index is 157. The van der Waals surface area contributed by atoms with E-state index < -0.39 is 5.60 Å². The maximum Gasteiger partial charge on any atom is 0.0706 e. The van der Waals surface area contributed by atoms with Gasteiger partial charge in [-0.15, -0.1) is 0 Å². The average molecular weight is 187 g/mol. The van der Waals surface area contributed by atoms with Gasteiger partial charge in [-0.2, -0.15) is 0 Å². The van der Waals surface area contributed by atoms with Gasteiger partial charge >= 0.3 is 0 Å². The molecule has 13 heavy (non-hydrogen) atoms. The second-order valence-corrected chi connectivity index (χ2v) is 4.37. The molecule has 0 bridgehead atoms. The van der Waals surface area contributed by atoms with E-state index in [0.29, 0.717) is 25.5 Å². The Kier molecular flexibility index (Phi) is 3.71. The lowest BCUT2D eigenvalue weighted by molar-refractivity contribution is -0.119. The maximum atomic E-state index is 10.1. The molecule has 1 aliphatic rings. The summed E-state index contributed by atoms with van der Waals surface area (Å²) in [4.78, 5) is 0. The average Bonchev–Trinajstić information content (AvgIpc) is 2.04. The van der Waals surface area contributed by atoms with Gasteiger partial charge in [-0.05, 0) is 25.3 Å². The van der Waals surface area contributed by atoms with E-state index in [0.717, 1.165) is 12.8 Å². The number of rotatable bonds is 3. The molecule has 3 N–H and O–H groups in total. The summed E-state index contributed by atoms with van der Waals surface area (Å²) >= 11 is 0. The maximum absolute atomic E-state index is 10.1. The van der Waals surface area contributed by atoms with E-state index in [1.54, 1.807) is 0 Å². The predicted octanol–water partition coefficient (Wildman–Crippen LogP) is 0.901. The van der Waals surface area contributed by atoms with Gasteiger partial charge in [-0.3, -0.25) is 0 Å². The molecule has 2 atom stereocenters. The van der Waals surface area contributed by atoms with Crippen LogP contribution in [0.5, 0.6) is 0 Å². The lowest BCUT2D eigenvalue weighted by atomic mass is 9.84. The van der Waals surface area contributed by atoms with Crippen LogP contribution in [0.15, 0.2) is 0 Å². The number of hydrogen-bond acceptors (Lipinski definition) is 3. The Balaban J connectivity index is 2.49. The minimum atomic E-state index is -0.568. The van der Waals surface area contributed by atoms with Crippen LogP contribution in [0, 0.1) is 5.92 Å². The molecule has 1 rings (SSSR count). The van der Waals surface area contributed by atoms with Crippen molar-refractivity contribution in [1.82, 2.24) is 0 Å². The largest absolute Gasteiger partial charge is 0.390 e. The Morgan fingerprint density at radius 1 is 1.62 bits per heavy atom. The summed E-state index contributed by atoms with van der Waals surface area (Å²) in [6.45, 7) is 5.47. The molecule has 0 aliphatic carbocycles. The Hall–Kier alpha value is -0.120. The minimum Gasteiger partial charge on any atom is -0.390 e. The Labute approximate surface area is 80.3 Å². The van der Waals surface area contributed by atoms with Gasteiger partial charge in [-0.25, -0.2) is 0 Å². The normalized spacial score (nSPS) is 35.3. The lowest BCUT2D eigenvalue weighted by Gasteiger charge is -2.38. The van der Waals surface area contributed by atoms with Gasteiger partial charge in [0.25, 0.3) is 0 Å². The predicted molar refractivity (Wildman–Crippen MR) is 52.4 cm³/mol. The van der Waals surface area contributed by atoms with E-state index in [9.17, 15) is 5.11 Å². The highest BCUT2D eigenvalue weighted by Gasteiger charge is 2.35. The van der Waals surface area contributed by atoms with Crippen molar-refractivity contribution in [3.05, 3.63) is 0 Å². The molecule has 0 aromatic carbocycles. The van der Waals surface area contributed by atoms with Crippen molar-refractivity contribution in [2.24, 2.45) is 11.7 Å². The zero-order chi connectivity index (χ0) is 9.90. The summed E-state index contributed by atoms with van der Waals surface area (Å²) in [5.74, 6) is 0.476. The van der Waals surface area contributed by atoms with Crippen LogP contribution in [0.4, 0.5) is 0 Å². The fraction of sp³-hybridized carbons (Fsp3) is 1.00. The molecule has 1 aliphatic heterocycles. The van der Waals surface area contributed by atoms with Gasteiger partial charge in [0.15, 0.2) is 0 Å². The topological polar surface area (TPSA) is 55.5 Å². The van der Waals surface area contributed by atoms with Gasteiger partial charge < -0.3 is 15.6 Å². The van der Waals surface area contributed by atoms with Gasteiger partial charge in [0.1, 0.15) is 0 Å². The SMILES string of the molecule is CC(C)C1CC(O)(CCN)CCO1. The summed E-state index contributed by atoms with van der Waals surface area (Å²) < 4.78 is 5.58. The van der Waals surface area contributed by atoms with Crippen LogP contribution in [-0.4, -0.2) is 30.0 Å². The summed E-state index contributed by atoms with van der Waals surface area (Å²) in [5.41, 5.74) is 4.90. The molecular formula is C10H21NO2. The standard InChI is InChI=1S/C10H21NO2/c1-8(2)9-7-10(12,3-5-11)4-6-13-9/h8-9,12H,3-7,11H2,1-2H3. The van der Waals surface area contributed by atoms with Crippen LogP contribution >= 0.6 is 0 Å². The molecule has 0 spiro atoms. The van der Waals surface area contributed by atoms with Crippen molar-refractivity contribution in [3.8, 4) is 0 Å². The van der Waals surface area contributed by atoms with Gasteiger partial charge in [-0.1, -0.05) is 13.8 Å². The molecule has 1 fully saturated rings. The highest BCUT2D eigenvalue weighted by atomic mass is 16.5. The number of hydrogen-bond donors (Lipinski definition) is 2. The third-order valence-corrected chi connectivity index (χ3v) is 2.83. The van der Waals surface area contributed by atoms with E-state index in [4.69, 9.17) is 10.5 Å². The summed E-state index contributed by atoms with van der Waals surface area (Å²) in [6.07, 6.45) is 2.36. The van der Waals surface area contributed by atoms with Crippen LogP contribution in [-0.2, 0) is 4.74 Å². The first kappa shape index (κ1) is 11.0. The van der Waals surface area contributed by atoms with Gasteiger partial charge in [0, 0.05) is 13.0 Å². The van der Waals surface area contributed by atoms with Crippen molar-refractivity contribution in [2.45, 2.75) is 44.8 Å². The van der Waals surface area contributed by atoms with E-state index in [1.165, 1.54) is 0 Å². The van der Waals surface area contributed by atoms with Crippen LogP contribution in [0.1, 0.15) is 33.1 Å². The van der Waals surface area contributed by atoms with Crippen LogP contribution in [0.3, 0.4) is 0 Å². The zero-order valence-corrected chi connectivity index (χ0v) is 8.62.